The van der Waals surface area contributed by atoms with Gasteiger partial charge < -0.3 is 19.4 Å². The molecule has 1 aromatic heterocycles. The van der Waals surface area contributed by atoms with Gasteiger partial charge in [0.05, 0.1) is 12.2 Å². The maximum Gasteiger partial charge on any atom is 0.387 e. The highest BCUT2D eigenvalue weighted by Gasteiger charge is 2.34. The van der Waals surface area contributed by atoms with E-state index in [4.69, 9.17) is 9.15 Å². The standard InChI is InChI=1S/C25H28F2N2O4/c1-25(31,16-30)20-8-5-11-29(14-20)13-19-10-9-18(12-22(19)33-24(26)27)23-28-21(15-32-23)17-6-3-2-4-7-17/h2-4,6-7,9-10,12,15,20,24,30-31H,5,8,11,13-14,16H2,1H3/t20-,25+/m0/s1. The maximum atomic E-state index is 13.2. The Morgan fingerprint density at radius 2 is 2.00 bits per heavy atom. The number of aromatic nitrogens is 1. The summed E-state index contributed by atoms with van der Waals surface area (Å²) in [6.45, 7) is 0.0639. The molecular formula is C25H28F2N2O4. The van der Waals surface area contributed by atoms with E-state index in [1.807, 2.05) is 30.3 Å². The molecule has 8 heteroatoms. The molecule has 0 amide bonds. The van der Waals surface area contributed by atoms with Crippen LogP contribution in [0.1, 0.15) is 25.3 Å². The van der Waals surface area contributed by atoms with Crippen molar-refractivity contribution in [1.29, 1.82) is 0 Å². The molecule has 0 aliphatic carbocycles. The Morgan fingerprint density at radius 3 is 2.73 bits per heavy atom. The molecule has 1 aliphatic rings. The van der Waals surface area contributed by atoms with Crippen LogP contribution in [0.15, 0.2) is 59.2 Å². The molecule has 1 saturated heterocycles. The van der Waals surface area contributed by atoms with E-state index in [1.54, 1.807) is 19.1 Å². The number of rotatable bonds is 8. The van der Waals surface area contributed by atoms with Gasteiger partial charge in [-0.25, -0.2) is 4.98 Å². The highest BCUT2D eigenvalue weighted by Crippen LogP contribution is 2.33. The number of aliphatic hydroxyl groups is 2. The van der Waals surface area contributed by atoms with Gasteiger partial charge in [-0.15, -0.1) is 0 Å². The number of oxazole rings is 1. The highest BCUT2D eigenvalue weighted by atomic mass is 19.3. The Kier molecular flexibility index (Phi) is 7.07. The molecule has 0 bridgehead atoms. The van der Waals surface area contributed by atoms with E-state index >= 15 is 0 Å². The van der Waals surface area contributed by atoms with Crippen LogP contribution in [0.5, 0.6) is 5.75 Å². The first-order valence-electron chi connectivity index (χ1n) is 11.0. The van der Waals surface area contributed by atoms with Crippen molar-refractivity contribution in [2.45, 2.75) is 38.5 Å². The zero-order valence-electron chi connectivity index (χ0n) is 18.5. The molecule has 1 fully saturated rings. The lowest BCUT2D eigenvalue weighted by molar-refractivity contribution is -0.0702. The Labute approximate surface area is 191 Å². The first-order chi connectivity index (χ1) is 15.9. The monoisotopic (exact) mass is 458 g/mol. The maximum absolute atomic E-state index is 13.2. The summed E-state index contributed by atoms with van der Waals surface area (Å²) >= 11 is 0. The van der Waals surface area contributed by atoms with E-state index in [9.17, 15) is 19.0 Å². The molecule has 0 saturated carbocycles. The predicted molar refractivity (Wildman–Crippen MR) is 120 cm³/mol. The minimum atomic E-state index is -2.97. The lowest BCUT2D eigenvalue weighted by Gasteiger charge is -2.39. The zero-order chi connectivity index (χ0) is 23.4. The van der Waals surface area contributed by atoms with Crippen LogP contribution in [0.3, 0.4) is 0 Å². The first-order valence-corrected chi connectivity index (χ1v) is 11.0. The lowest BCUT2D eigenvalue weighted by atomic mass is 9.83. The third-order valence-electron chi connectivity index (χ3n) is 6.20. The summed E-state index contributed by atoms with van der Waals surface area (Å²) in [7, 11) is 0. The van der Waals surface area contributed by atoms with Crippen LogP contribution in [0, 0.1) is 5.92 Å². The van der Waals surface area contributed by atoms with Crippen LogP contribution in [-0.4, -0.2) is 52.0 Å². The van der Waals surface area contributed by atoms with Gasteiger partial charge in [-0.2, -0.15) is 8.78 Å². The SMILES string of the molecule is C[C@@](O)(CO)[C@H]1CCCN(Cc2ccc(-c3nc(-c4ccccc4)co3)cc2OC(F)F)C1. The van der Waals surface area contributed by atoms with Crippen molar-refractivity contribution in [3.05, 3.63) is 60.4 Å². The predicted octanol–water partition coefficient (Wildman–Crippen LogP) is 4.57. The summed E-state index contributed by atoms with van der Waals surface area (Å²) in [6, 6.07) is 14.6. The quantitative estimate of drug-likeness (QED) is 0.515. The van der Waals surface area contributed by atoms with E-state index in [1.165, 1.54) is 12.3 Å². The van der Waals surface area contributed by atoms with Crippen LogP contribution >= 0.6 is 0 Å². The van der Waals surface area contributed by atoms with Crippen molar-refractivity contribution >= 4 is 0 Å². The average molecular weight is 459 g/mol. The summed E-state index contributed by atoms with van der Waals surface area (Å²) in [5.74, 6) is 0.285. The largest absolute Gasteiger partial charge is 0.444 e. The number of ether oxygens (including phenoxy) is 1. The number of hydrogen-bond acceptors (Lipinski definition) is 6. The van der Waals surface area contributed by atoms with Gasteiger partial charge in [0.15, 0.2) is 0 Å². The lowest BCUT2D eigenvalue weighted by Crippen LogP contribution is -2.47. The van der Waals surface area contributed by atoms with E-state index in [0.717, 1.165) is 24.9 Å². The van der Waals surface area contributed by atoms with E-state index < -0.39 is 12.2 Å². The minimum absolute atomic E-state index is 0.0676. The van der Waals surface area contributed by atoms with Gasteiger partial charge in [0.25, 0.3) is 0 Å². The number of hydrogen-bond donors (Lipinski definition) is 2. The highest BCUT2D eigenvalue weighted by molar-refractivity contribution is 5.64. The average Bonchev–Trinajstić information content (AvgIpc) is 3.31. The van der Waals surface area contributed by atoms with E-state index in [0.29, 0.717) is 35.8 Å². The van der Waals surface area contributed by atoms with Gasteiger partial charge in [-0.05, 0) is 38.4 Å². The van der Waals surface area contributed by atoms with Crippen molar-refractivity contribution in [2.24, 2.45) is 5.92 Å². The molecule has 2 heterocycles. The van der Waals surface area contributed by atoms with Gasteiger partial charge in [0, 0.05) is 35.7 Å². The summed E-state index contributed by atoms with van der Waals surface area (Å²) in [5, 5.41) is 19.9. The smallest absolute Gasteiger partial charge is 0.387 e. The number of piperidine rings is 1. The van der Waals surface area contributed by atoms with E-state index in [2.05, 4.69) is 9.88 Å². The van der Waals surface area contributed by atoms with Crippen LogP contribution in [0.2, 0.25) is 0 Å². The topological polar surface area (TPSA) is 79.0 Å². The van der Waals surface area contributed by atoms with Gasteiger partial charge in [-0.3, -0.25) is 4.90 Å². The van der Waals surface area contributed by atoms with E-state index in [-0.39, 0.29) is 18.3 Å². The zero-order valence-corrected chi connectivity index (χ0v) is 18.5. The molecule has 33 heavy (non-hydrogen) atoms. The molecule has 3 aromatic rings. The second-order valence-electron chi connectivity index (χ2n) is 8.69. The molecule has 2 N–H and O–H groups in total. The molecule has 176 valence electrons. The van der Waals surface area contributed by atoms with Crippen LogP contribution in [0.4, 0.5) is 8.78 Å². The number of benzene rings is 2. The number of alkyl halides is 2. The van der Waals surface area contributed by atoms with Crippen molar-refractivity contribution in [2.75, 3.05) is 19.7 Å². The van der Waals surface area contributed by atoms with Crippen molar-refractivity contribution in [3.8, 4) is 28.5 Å². The molecule has 0 unspecified atom stereocenters. The van der Waals surface area contributed by atoms with Gasteiger partial charge in [0.2, 0.25) is 5.89 Å². The summed E-state index contributed by atoms with van der Waals surface area (Å²) in [4.78, 5) is 6.58. The Bertz CT molecular complexity index is 1060. The molecule has 2 aromatic carbocycles. The van der Waals surface area contributed by atoms with Crippen LogP contribution < -0.4 is 4.74 Å². The molecule has 4 rings (SSSR count). The second kappa shape index (κ2) is 9.99. The molecule has 1 aliphatic heterocycles. The fraction of sp³-hybridized carbons (Fsp3) is 0.400. The molecule has 2 atom stereocenters. The number of likely N-dealkylation sites (tertiary alicyclic amines) is 1. The number of aliphatic hydroxyl groups excluding tert-OH is 1. The fourth-order valence-electron chi connectivity index (χ4n) is 4.25. The molecule has 0 radical (unpaired) electrons. The summed E-state index contributed by atoms with van der Waals surface area (Å²) in [6.07, 6.45) is 3.19. The molecule has 0 spiro atoms. The van der Waals surface area contributed by atoms with Gasteiger partial charge in [0.1, 0.15) is 17.7 Å². The number of nitrogens with zero attached hydrogens (tertiary/aromatic N) is 2. The van der Waals surface area contributed by atoms with Crippen LogP contribution in [-0.2, 0) is 6.54 Å². The first kappa shape index (κ1) is 23.4. The fourth-order valence-corrected chi connectivity index (χ4v) is 4.25. The van der Waals surface area contributed by atoms with Crippen molar-refractivity contribution in [1.82, 2.24) is 9.88 Å². The summed E-state index contributed by atoms with van der Waals surface area (Å²) in [5.41, 5.74) is 1.52. The second-order valence-corrected chi connectivity index (χ2v) is 8.69. The number of halogens is 2. The Balaban J connectivity index is 1.55. The molecular weight excluding hydrogens is 430 g/mol. The molecule has 6 nitrogen and oxygen atoms in total. The normalized spacial score (nSPS) is 18.9. The van der Waals surface area contributed by atoms with Crippen molar-refractivity contribution < 1.29 is 28.1 Å². The van der Waals surface area contributed by atoms with Crippen molar-refractivity contribution in [3.63, 3.8) is 0 Å². The van der Waals surface area contributed by atoms with Gasteiger partial charge >= 0.3 is 6.61 Å². The summed E-state index contributed by atoms with van der Waals surface area (Å²) < 4.78 is 36.8. The Morgan fingerprint density at radius 1 is 1.21 bits per heavy atom. The minimum Gasteiger partial charge on any atom is -0.444 e. The third-order valence-corrected chi connectivity index (χ3v) is 6.20. The third kappa shape index (κ3) is 5.58. The van der Waals surface area contributed by atoms with Crippen LogP contribution in [0.25, 0.3) is 22.7 Å². The van der Waals surface area contributed by atoms with Gasteiger partial charge in [-0.1, -0.05) is 36.4 Å². The Hall–Kier alpha value is -2.81.